The van der Waals surface area contributed by atoms with Gasteiger partial charge < -0.3 is 45.3 Å². The van der Waals surface area contributed by atoms with Crippen LogP contribution in [0, 0.1) is 0 Å². The van der Waals surface area contributed by atoms with Crippen molar-refractivity contribution in [1.29, 1.82) is 0 Å². The van der Waals surface area contributed by atoms with Gasteiger partial charge in [-0.05, 0) is 19.9 Å². The van der Waals surface area contributed by atoms with Gasteiger partial charge in [0.05, 0.1) is 42.0 Å². The summed E-state index contributed by atoms with van der Waals surface area (Å²) in [5, 5.41) is 50.3. The van der Waals surface area contributed by atoms with E-state index in [-0.39, 0.29) is 46.8 Å². The maximum absolute atomic E-state index is 13.8. The normalized spacial score (nSPS) is 27.5. The average molecular weight is 633 g/mol. The molecule has 1 saturated heterocycles. The zero-order chi connectivity index (χ0) is 32.1. The number of Topliss-reactive ketones (excluding diaryl/α,β-unsaturated/α-hetero) is 1. The lowest BCUT2D eigenvalue weighted by molar-refractivity contribution is -0.248. The van der Waals surface area contributed by atoms with Crippen LogP contribution in [0.15, 0.2) is 18.2 Å². The van der Waals surface area contributed by atoms with Crippen LogP contribution in [0.2, 0.25) is 0 Å². The number of rotatable bonds is 7. The second-order valence-electron chi connectivity index (χ2n) is 11.2. The van der Waals surface area contributed by atoms with Crippen LogP contribution in [0.4, 0.5) is 4.79 Å². The first-order valence-electron chi connectivity index (χ1n) is 14.0. The summed E-state index contributed by atoms with van der Waals surface area (Å²) in [5.74, 6) is -3.23. The van der Waals surface area contributed by atoms with Gasteiger partial charge in [0, 0.05) is 48.4 Å². The number of hydrogen-bond acceptors (Lipinski definition) is 11. The molecule has 3 aliphatic rings. The fourth-order valence-corrected chi connectivity index (χ4v) is 6.24. The topological polar surface area (TPSA) is 201 Å². The number of ketones is 3. The highest BCUT2D eigenvalue weighted by atomic mass is 35.5. The summed E-state index contributed by atoms with van der Waals surface area (Å²) in [6, 6.07) is 2.96. The molecule has 44 heavy (non-hydrogen) atoms. The molecule has 5 unspecified atom stereocenters. The quantitative estimate of drug-likeness (QED) is 0.163. The summed E-state index contributed by atoms with van der Waals surface area (Å²) in [6.45, 7) is 2.90. The molecule has 13 nitrogen and oxygen atoms in total. The number of phenols is 2. The summed E-state index contributed by atoms with van der Waals surface area (Å²) in [4.78, 5) is 52.3. The van der Waals surface area contributed by atoms with Crippen LogP contribution in [-0.4, -0.2) is 93.5 Å². The van der Waals surface area contributed by atoms with Gasteiger partial charge in [-0.15, -0.1) is 11.6 Å². The van der Waals surface area contributed by atoms with Crippen molar-refractivity contribution in [3.05, 3.63) is 51.6 Å². The first-order valence-corrected chi connectivity index (χ1v) is 14.6. The molecule has 2 aromatic rings. The van der Waals surface area contributed by atoms with Crippen molar-refractivity contribution >= 4 is 35.0 Å². The zero-order valence-electron chi connectivity index (χ0n) is 24.2. The Morgan fingerprint density at radius 3 is 2.50 bits per heavy atom. The molecular formula is C30H33ClN2O11. The smallest absolute Gasteiger partial charge is 0.315 e. The highest BCUT2D eigenvalue weighted by Gasteiger charge is 2.49. The Bertz CT molecular complexity index is 1550. The van der Waals surface area contributed by atoms with Gasteiger partial charge in [-0.2, -0.15) is 0 Å². The number of nitrogens with one attached hydrogen (secondary N) is 2. The SMILES string of the molecule is COc1cccc2c1C(=O)c1c(O)c3c(c(O)c1C2=O)C[C@@](O)(C(C)=O)CC3OC1CC(NC(=O)NCCCl)C(O)C(C)O1. The number of halogens is 1. The number of carbonyl (C=O) groups is 4. The predicted molar refractivity (Wildman–Crippen MR) is 153 cm³/mol. The zero-order valence-corrected chi connectivity index (χ0v) is 24.9. The standard InChI is InChI=1S/C30H33ClN2O11/c1-12-24(35)16(33-29(40)32-8-7-31)9-19(43-12)44-18-11-30(41,13(2)34)10-15-21(18)28(39)23-22(26(15)37)25(36)14-5-4-6-17(42-3)20(14)27(23)38/h4-6,12,16,18-19,24,35,37,39,41H,7-11H2,1-3H3,(H2,32,33,40)/t12?,16?,18?,19?,24?,30-/m0/s1. The fraction of sp³-hybridized carbons (Fsp3) is 0.467. The van der Waals surface area contributed by atoms with Crippen molar-refractivity contribution in [3.8, 4) is 17.2 Å². The Morgan fingerprint density at radius 1 is 1.14 bits per heavy atom. The lowest BCUT2D eigenvalue weighted by atomic mass is 9.72. The number of aliphatic hydroxyl groups is 2. The van der Waals surface area contributed by atoms with Crippen LogP contribution < -0.4 is 15.4 Å². The Kier molecular flexibility index (Phi) is 8.62. The van der Waals surface area contributed by atoms with Gasteiger partial charge in [0.15, 0.2) is 17.9 Å². The minimum absolute atomic E-state index is 0.0429. The van der Waals surface area contributed by atoms with Gasteiger partial charge in [-0.1, -0.05) is 12.1 Å². The van der Waals surface area contributed by atoms with Crippen molar-refractivity contribution in [2.24, 2.45) is 0 Å². The third kappa shape index (κ3) is 5.28. The number of aromatic hydroxyl groups is 2. The van der Waals surface area contributed by atoms with Crippen LogP contribution in [0.5, 0.6) is 17.2 Å². The Hall–Kier alpha value is -3.75. The highest BCUT2D eigenvalue weighted by Crippen LogP contribution is 2.52. The van der Waals surface area contributed by atoms with Gasteiger partial charge in [0.25, 0.3) is 0 Å². The number of ether oxygens (including phenoxy) is 3. The van der Waals surface area contributed by atoms with Gasteiger partial charge in [-0.25, -0.2) is 4.79 Å². The Labute approximate surface area is 257 Å². The molecule has 6 atom stereocenters. The maximum atomic E-state index is 13.8. The maximum Gasteiger partial charge on any atom is 0.315 e. The molecule has 2 aromatic carbocycles. The molecule has 2 amide bonds. The van der Waals surface area contributed by atoms with E-state index in [0.29, 0.717) is 0 Å². The molecule has 0 aromatic heterocycles. The number of carbonyl (C=O) groups excluding carboxylic acids is 4. The minimum atomic E-state index is -2.07. The number of alkyl halides is 1. The fourth-order valence-electron chi connectivity index (χ4n) is 6.15. The molecule has 5 rings (SSSR count). The lowest BCUT2D eigenvalue weighted by Gasteiger charge is -2.42. The van der Waals surface area contributed by atoms with E-state index < -0.39 is 95.1 Å². The monoisotopic (exact) mass is 632 g/mol. The van der Waals surface area contributed by atoms with E-state index in [9.17, 15) is 39.6 Å². The molecule has 6 N–H and O–H groups in total. The van der Waals surface area contributed by atoms with Crippen LogP contribution in [-0.2, 0) is 20.7 Å². The van der Waals surface area contributed by atoms with Crippen molar-refractivity contribution in [3.63, 3.8) is 0 Å². The summed E-state index contributed by atoms with van der Waals surface area (Å²) in [7, 11) is 1.32. The van der Waals surface area contributed by atoms with Gasteiger partial charge in [-0.3, -0.25) is 14.4 Å². The van der Waals surface area contributed by atoms with E-state index in [0.717, 1.165) is 6.92 Å². The minimum Gasteiger partial charge on any atom is -0.507 e. The molecule has 236 valence electrons. The average Bonchev–Trinajstić information content (AvgIpc) is 2.98. The number of amides is 2. The van der Waals surface area contributed by atoms with Crippen LogP contribution in [0.3, 0.4) is 0 Å². The van der Waals surface area contributed by atoms with E-state index in [1.54, 1.807) is 6.92 Å². The van der Waals surface area contributed by atoms with Crippen LogP contribution >= 0.6 is 11.6 Å². The summed E-state index contributed by atoms with van der Waals surface area (Å²) >= 11 is 5.62. The Morgan fingerprint density at radius 2 is 1.84 bits per heavy atom. The first-order chi connectivity index (χ1) is 20.8. The summed E-state index contributed by atoms with van der Waals surface area (Å²) in [5.41, 5.74) is -3.36. The second-order valence-corrected chi connectivity index (χ2v) is 11.5. The molecule has 0 radical (unpaired) electrons. The van der Waals surface area contributed by atoms with Crippen LogP contribution in [0.1, 0.15) is 75.8 Å². The largest absolute Gasteiger partial charge is 0.507 e. The van der Waals surface area contributed by atoms with E-state index in [4.69, 9.17) is 25.8 Å². The van der Waals surface area contributed by atoms with Crippen LogP contribution in [0.25, 0.3) is 0 Å². The van der Waals surface area contributed by atoms with Crippen molar-refractivity contribution in [2.45, 2.75) is 69.4 Å². The van der Waals surface area contributed by atoms with Crippen molar-refractivity contribution in [2.75, 3.05) is 19.5 Å². The van der Waals surface area contributed by atoms with Crippen molar-refractivity contribution in [1.82, 2.24) is 10.6 Å². The van der Waals surface area contributed by atoms with Gasteiger partial charge >= 0.3 is 6.03 Å². The molecule has 1 fully saturated rings. The van der Waals surface area contributed by atoms with Gasteiger partial charge in [0.1, 0.15) is 29.0 Å². The molecule has 2 aliphatic carbocycles. The number of benzene rings is 2. The van der Waals surface area contributed by atoms with E-state index >= 15 is 0 Å². The first kappa shape index (κ1) is 31.7. The second kappa shape index (κ2) is 12.0. The number of urea groups is 1. The molecule has 0 spiro atoms. The Balaban J connectivity index is 1.57. The number of phenolic OH excluding ortho intramolecular Hbond substituents is 2. The molecule has 0 bridgehead atoms. The van der Waals surface area contributed by atoms with E-state index in [1.807, 2.05) is 0 Å². The number of methoxy groups -OCH3 is 1. The third-order valence-corrected chi connectivity index (χ3v) is 8.64. The third-order valence-electron chi connectivity index (χ3n) is 8.45. The molecular weight excluding hydrogens is 600 g/mol. The number of hydrogen-bond donors (Lipinski definition) is 6. The highest BCUT2D eigenvalue weighted by molar-refractivity contribution is 6.31. The van der Waals surface area contributed by atoms with Gasteiger partial charge in [0.2, 0.25) is 5.78 Å². The summed E-state index contributed by atoms with van der Waals surface area (Å²) in [6.07, 6.45) is -5.37. The molecule has 0 saturated carbocycles. The molecule has 1 aliphatic heterocycles. The van der Waals surface area contributed by atoms with Crippen molar-refractivity contribution < 1.29 is 53.8 Å². The molecule has 14 heteroatoms. The predicted octanol–water partition coefficient (Wildman–Crippen LogP) is 1.61. The molecule has 1 heterocycles. The van der Waals surface area contributed by atoms with E-state index in [2.05, 4.69) is 10.6 Å². The lowest BCUT2D eigenvalue weighted by Crippen LogP contribution is -2.57. The summed E-state index contributed by atoms with van der Waals surface area (Å²) < 4.78 is 17.3. The number of fused-ring (bicyclic) bond motifs is 3. The number of aliphatic hydroxyl groups excluding tert-OH is 1. The van der Waals surface area contributed by atoms with E-state index in [1.165, 1.54) is 25.3 Å².